The normalized spacial score (nSPS) is 18.0. The highest BCUT2D eigenvalue weighted by molar-refractivity contribution is 5.76. The molecule has 128 valence electrons. The Hall–Kier alpha value is -2.17. The minimum Gasteiger partial charge on any atom is -0.334 e. The summed E-state index contributed by atoms with van der Waals surface area (Å²) in [5, 5.41) is 4.57. The second-order valence-electron chi connectivity index (χ2n) is 6.55. The number of aryl methyl sites for hydroxylation is 1. The monoisotopic (exact) mass is 326 g/mol. The van der Waals surface area contributed by atoms with Gasteiger partial charge in [0.1, 0.15) is 6.54 Å². The van der Waals surface area contributed by atoms with Crippen LogP contribution in [0.5, 0.6) is 0 Å². The van der Waals surface area contributed by atoms with Gasteiger partial charge in [-0.1, -0.05) is 13.0 Å². The van der Waals surface area contributed by atoms with Gasteiger partial charge in [-0.2, -0.15) is 5.10 Å². The van der Waals surface area contributed by atoms with Gasteiger partial charge in [0.25, 0.3) is 0 Å². The van der Waals surface area contributed by atoms with Crippen LogP contribution in [-0.4, -0.2) is 32.1 Å². The summed E-state index contributed by atoms with van der Waals surface area (Å²) < 4.78 is 1.87. The Kier molecular flexibility index (Phi) is 4.97. The lowest BCUT2D eigenvalue weighted by Crippen LogP contribution is -2.40. The molecule has 1 atom stereocenters. The Morgan fingerprint density at radius 2 is 2.17 bits per heavy atom. The van der Waals surface area contributed by atoms with Crippen molar-refractivity contribution in [2.24, 2.45) is 0 Å². The molecule has 0 aliphatic carbocycles. The maximum atomic E-state index is 13.0. The third kappa shape index (κ3) is 3.21. The number of nitrogens with zero attached hydrogens (tertiary/aromatic N) is 4. The van der Waals surface area contributed by atoms with E-state index in [-0.39, 0.29) is 11.9 Å². The van der Waals surface area contributed by atoms with Crippen LogP contribution in [0.25, 0.3) is 0 Å². The summed E-state index contributed by atoms with van der Waals surface area (Å²) in [7, 11) is 0. The summed E-state index contributed by atoms with van der Waals surface area (Å²) in [5.74, 6) is 0.150. The molecule has 0 bridgehead atoms. The number of amides is 1. The molecule has 0 saturated carbocycles. The van der Waals surface area contributed by atoms with Crippen LogP contribution in [0.15, 0.2) is 24.5 Å². The molecule has 0 radical (unpaired) electrons. The van der Waals surface area contributed by atoms with Crippen LogP contribution in [0, 0.1) is 13.8 Å². The van der Waals surface area contributed by atoms with Gasteiger partial charge in [0.05, 0.1) is 11.7 Å². The van der Waals surface area contributed by atoms with Crippen LogP contribution in [-0.2, 0) is 17.8 Å². The zero-order valence-electron chi connectivity index (χ0n) is 14.8. The van der Waals surface area contributed by atoms with E-state index < -0.39 is 0 Å². The molecular weight excluding hydrogens is 300 g/mol. The van der Waals surface area contributed by atoms with E-state index in [2.05, 4.69) is 30.0 Å². The molecule has 2 aromatic rings. The van der Waals surface area contributed by atoms with Gasteiger partial charge in [0.2, 0.25) is 5.91 Å². The maximum Gasteiger partial charge on any atom is 0.244 e. The van der Waals surface area contributed by atoms with Gasteiger partial charge < -0.3 is 4.90 Å². The topological polar surface area (TPSA) is 51.0 Å². The molecule has 0 spiro atoms. The molecule has 1 aliphatic rings. The zero-order valence-corrected chi connectivity index (χ0v) is 14.8. The molecule has 1 aliphatic heterocycles. The summed E-state index contributed by atoms with van der Waals surface area (Å²) in [5.41, 5.74) is 4.53. The second kappa shape index (κ2) is 7.16. The molecule has 1 fully saturated rings. The van der Waals surface area contributed by atoms with Crippen molar-refractivity contribution in [3.8, 4) is 0 Å². The van der Waals surface area contributed by atoms with Crippen molar-refractivity contribution in [2.75, 3.05) is 6.54 Å². The van der Waals surface area contributed by atoms with Gasteiger partial charge in [-0.05, 0) is 56.7 Å². The van der Waals surface area contributed by atoms with Crippen LogP contribution < -0.4 is 0 Å². The van der Waals surface area contributed by atoms with Gasteiger partial charge in [-0.15, -0.1) is 0 Å². The summed E-state index contributed by atoms with van der Waals surface area (Å²) in [4.78, 5) is 19.2. The number of rotatable bonds is 4. The van der Waals surface area contributed by atoms with E-state index in [1.54, 1.807) is 6.20 Å². The van der Waals surface area contributed by atoms with E-state index >= 15 is 0 Å². The zero-order chi connectivity index (χ0) is 17.1. The number of likely N-dealkylation sites (tertiary alicyclic amines) is 1. The van der Waals surface area contributed by atoms with E-state index in [0.717, 1.165) is 49.2 Å². The lowest BCUT2D eigenvalue weighted by Gasteiger charge is -2.36. The van der Waals surface area contributed by atoms with Crippen molar-refractivity contribution in [2.45, 2.75) is 59.0 Å². The van der Waals surface area contributed by atoms with Crippen molar-refractivity contribution < 1.29 is 4.79 Å². The molecular formula is C19H26N4O. The molecule has 3 heterocycles. The molecule has 3 rings (SSSR count). The first kappa shape index (κ1) is 16.7. The van der Waals surface area contributed by atoms with Crippen LogP contribution in [0.1, 0.15) is 54.7 Å². The standard InChI is InChI=1S/C19H26N4O/c1-4-17-14(2)21-23(15(17)3)13-19(24)22-11-6-5-9-18(22)16-8-7-10-20-12-16/h7-8,10,12,18H,4-6,9,11,13H2,1-3H3/t18-/m0/s1. The molecule has 1 saturated heterocycles. The Balaban J connectivity index is 1.80. The number of aromatic nitrogens is 3. The van der Waals surface area contributed by atoms with E-state index in [9.17, 15) is 4.79 Å². The Bertz CT molecular complexity index is 708. The fraction of sp³-hybridized carbons (Fsp3) is 0.526. The number of carbonyl (C=O) groups is 1. The number of hydrogen-bond donors (Lipinski definition) is 0. The molecule has 24 heavy (non-hydrogen) atoms. The summed E-state index contributed by atoms with van der Waals surface area (Å²) in [6, 6.07) is 4.16. The highest BCUT2D eigenvalue weighted by Crippen LogP contribution is 2.30. The van der Waals surface area contributed by atoms with Gasteiger partial charge in [0, 0.05) is 24.6 Å². The van der Waals surface area contributed by atoms with Crippen LogP contribution in [0.4, 0.5) is 0 Å². The predicted molar refractivity (Wildman–Crippen MR) is 93.6 cm³/mol. The predicted octanol–water partition coefficient (Wildman–Crippen LogP) is 3.21. The highest BCUT2D eigenvalue weighted by atomic mass is 16.2. The van der Waals surface area contributed by atoms with Gasteiger partial charge in [-0.25, -0.2) is 0 Å². The van der Waals surface area contributed by atoms with Gasteiger partial charge in [0.15, 0.2) is 0 Å². The van der Waals surface area contributed by atoms with Crippen molar-refractivity contribution in [1.82, 2.24) is 19.7 Å². The first-order chi connectivity index (χ1) is 11.6. The fourth-order valence-electron chi connectivity index (χ4n) is 3.77. The number of pyridine rings is 1. The maximum absolute atomic E-state index is 13.0. The van der Waals surface area contributed by atoms with Crippen molar-refractivity contribution in [3.05, 3.63) is 47.0 Å². The summed E-state index contributed by atoms with van der Waals surface area (Å²) in [6.07, 6.45) is 7.85. The van der Waals surface area contributed by atoms with Crippen molar-refractivity contribution in [1.29, 1.82) is 0 Å². The van der Waals surface area contributed by atoms with E-state index in [1.807, 2.05) is 28.8 Å². The molecule has 5 heteroatoms. The average Bonchev–Trinajstić information content (AvgIpc) is 2.88. The Morgan fingerprint density at radius 1 is 1.33 bits per heavy atom. The SMILES string of the molecule is CCc1c(C)nn(CC(=O)N2CCCC[C@H]2c2cccnc2)c1C. The average molecular weight is 326 g/mol. The fourth-order valence-corrected chi connectivity index (χ4v) is 3.77. The van der Waals surface area contributed by atoms with Crippen molar-refractivity contribution >= 4 is 5.91 Å². The second-order valence-corrected chi connectivity index (χ2v) is 6.55. The number of piperidine rings is 1. The smallest absolute Gasteiger partial charge is 0.244 e. The molecule has 0 aromatic carbocycles. The van der Waals surface area contributed by atoms with E-state index in [1.165, 1.54) is 5.56 Å². The Morgan fingerprint density at radius 3 is 2.83 bits per heavy atom. The number of carbonyl (C=O) groups excluding carboxylic acids is 1. The molecule has 0 unspecified atom stereocenters. The summed E-state index contributed by atoms with van der Waals surface area (Å²) >= 11 is 0. The lowest BCUT2D eigenvalue weighted by atomic mass is 9.96. The van der Waals surface area contributed by atoms with E-state index in [0.29, 0.717) is 6.54 Å². The van der Waals surface area contributed by atoms with Crippen LogP contribution in [0.2, 0.25) is 0 Å². The molecule has 2 aromatic heterocycles. The minimum atomic E-state index is 0.141. The quantitative estimate of drug-likeness (QED) is 0.867. The largest absolute Gasteiger partial charge is 0.334 e. The molecule has 5 nitrogen and oxygen atoms in total. The first-order valence-corrected chi connectivity index (χ1v) is 8.84. The number of hydrogen-bond acceptors (Lipinski definition) is 3. The van der Waals surface area contributed by atoms with Crippen molar-refractivity contribution in [3.63, 3.8) is 0 Å². The van der Waals surface area contributed by atoms with Crippen LogP contribution >= 0.6 is 0 Å². The van der Waals surface area contributed by atoms with Gasteiger partial charge in [-0.3, -0.25) is 14.5 Å². The Labute approximate surface area is 143 Å². The third-order valence-corrected chi connectivity index (χ3v) is 5.06. The minimum absolute atomic E-state index is 0.141. The van der Waals surface area contributed by atoms with Crippen LogP contribution in [0.3, 0.4) is 0 Å². The summed E-state index contributed by atoms with van der Waals surface area (Å²) in [6.45, 7) is 7.35. The van der Waals surface area contributed by atoms with E-state index in [4.69, 9.17) is 0 Å². The third-order valence-electron chi connectivity index (χ3n) is 5.06. The molecule has 0 N–H and O–H groups in total. The first-order valence-electron chi connectivity index (χ1n) is 8.84. The lowest BCUT2D eigenvalue weighted by molar-refractivity contribution is -0.136. The molecule has 1 amide bonds. The van der Waals surface area contributed by atoms with Gasteiger partial charge >= 0.3 is 0 Å². The highest BCUT2D eigenvalue weighted by Gasteiger charge is 2.28.